The van der Waals surface area contributed by atoms with Gasteiger partial charge in [0.05, 0.1) is 19.5 Å². The van der Waals surface area contributed by atoms with Crippen LogP contribution in [-0.4, -0.2) is 43.3 Å². The first-order valence-electron chi connectivity index (χ1n) is 21.5. The summed E-state index contributed by atoms with van der Waals surface area (Å²) in [6, 6.07) is 0. The fourth-order valence-electron chi connectivity index (χ4n) is 5.54. The molecule has 0 aromatic heterocycles. The third kappa shape index (κ3) is 41.0. The van der Waals surface area contributed by atoms with Gasteiger partial charge in [-0.25, -0.2) is 4.57 Å². The van der Waals surface area contributed by atoms with E-state index in [1.165, 1.54) is 116 Å². The summed E-state index contributed by atoms with van der Waals surface area (Å²) in [7, 11) is -4.32. The Labute approximate surface area is 331 Å². The van der Waals surface area contributed by atoms with Gasteiger partial charge in [-0.2, -0.15) is 0 Å². The van der Waals surface area contributed by atoms with Crippen molar-refractivity contribution in [1.29, 1.82) is 0 Å². The molecule has 0 bridgehead atoms. The summed E-state index contributed by atoms with van der Waals surface area (Å²) < 4.78 is 33.0. The topological polar surface area (TPSA) is 117 Å². The molecule has 0 aliphatic rings. The lowest BCUT2D eigenvalue weighted by molar-refractivity contribution is -0.153. The molecule has 0 fully saturated rings. The fourth-order valence-corrected chi connectivity index (χ4v) is 6.31. The van der Waals surface area contributed by atoms with Crippen LogP contribution < -0.4 is 5.73 Å². The van der Waals surface area contributed by atoms with Crippen molar-refractivity contribution in [2.75, 3.05) is 26.4 Å². The molecule has 54 heavy (non-hydrogen) atoms. The Bertz CT molecular complexity index is 1050. The molecule has 312 valence electrons. The van der Waals surface area contributed by atoms with E-state index < -0.39 is 19.9 Å². The molecule has 0 spiro atoms. The lowest BCUT2D eigenvalue weighted by Gasteiger charge is -2.19. The van der Waals surface area contributed by atoms with E-state index in [4.69, 9.17) is 24.3 Å². The SMILES string of the molecule is CCCCCCCC/C=C\C/C=C\C/C=C\C/C=C\CCC(=O)OC(CO/C=C/C/C=C\CCCCCCCCCCCCC)COP(=O)(O)OCCN. The molecule has 8 nitrogen and oxygen atoms in total. The third-order valence-electron chi connectivity index (χ3n) is 8.70. The van der Waals surface area contributed by atoms with Crippen molar-refractivity contribution in [3.63, 3.8) is 0 Å². The van der Waals surface area contributed by atoms with Gasteiger partial charge in [-0.3, -0.25) is 13.8 Å². The van der Waals surface area contributed by atoms with E-state index in [2.05, 4.69) is 62.5 Å². The average Bonchev–Trinajstić information content (AvgIpc) is 3.16. The van der Waals surface area contributed by atoms with Crippen LogP contribution in [0, 0.1) is 0 Å². The summed E-state index contributed by atoms with van der Waals surface area (Å²) in [5.41, 5.74) is 5.35. The monoisotopic (exact) mass is 778 g/mol. The van der Waals surface area contributed by atoms with Gasteiger partial charge in [0.25, 0.3) is 0 Å². The molecule has 9 heteroatoms. The van der Waals surface area contributed by atoms with Gasteiger partial charge in [-0.05, 0) is 63.9 Å². The molecule has 0 aliphatic carbocycles. The summed E-state index contributed by atoms with van der Waals surface area (Å²) in [5.74, 6) is -0.441. The standard InChI is InChI=1S/C45H80NO7P/c1-3-5-7-9-11-13-15-17-19-21-22-23-24-26-28-30-32-34-36-38-45(47)53-44(43-52-54(48,49)51-41-39-46)42-50-40-37-35-33-31-29-27-25-20-18-16-14-12-10-8-6-4-2/h17,19,22-23,26,28,31-34,37,40,44H,3-16,18,20-21,24-25,27,29-30,35-36,38-39,41-43,46H2,1-2H3,(H,48,49)/b19-17-,23-22-,28-26-,33-31-,34-32-,40-37+. The molecule has 3 N–H and O–H groups in total. The van der Waals surface area contributed by atoms with Crippen molar-refractivity contribution in [3.05, 3.63) is 73.1 Å². The van der Waals surface area contributed by atoms with Crippen LogP contribution in [0.25, 0.3) is 0 Å². The van der Waals surface area contributed by atoms with Crippen LogP contribution in [0.2, 0.25) is 0 Å². The largest absolute Gasteiger partial charge is 0.498 e. The summed E-state index contributed by atoms with van der Waals surface area (Å²) in [6.07, 6.45) is 53.2. The maximum absolute atomic E-state index is 12.5. The average molecular weight is 778 g/mol. The second kappa shape index (κ2) is 41.9. The van der Waals surface area contributed by atoms with E-state index in [-0.39, 0.29) is 32.8 Å². The molecule has 0 radical (unpaired) electrons. The fraction of sp³-hybridized carbons (Fsp3) is 0.711. The zero-order valence-corrected chi connectivity index (χ0v) is 35.3. The second-order valence-electron chi connectivity index (χ2n) is 13.9. The molecular weight excluding hydrogens is 697 g/mol. The Hall–Kier alpha value is -2.22. The van der Waals surface area contributed by atoms with Gasteiger partial charge < -0.3 is 20.1 Å². The first kappa shape index (κ1) is 51.8. The number of carbonyl (C=O) groups is 1. The highest BCUT2D eigenvalue weighted by Gasteiger charge is 2.25. The van der Waals surface area contributed by atoms with E-state index in [1.54, 1.807) is 6.26 Å². The van der Waals surface area contributed by atoms with E-state index in [9.17, 15) is 14.3 Å². The molecule has 2 atom stereocenters. The predicted molar refractivity (Wildman–Crippen MR) is 228 cm³/mol. The molecule has 0 aromatic carbocycles. The number of hydrogen-bond donors (Lipinski definition) is 2. The number of unbranched alkanes of at least 4 members (excludes halogenated alkanes) is 17. The predicted octanol–water partition coefficient (Wildman–Crippen LogP) is 13.1. The molecular formula is C45H80NO7P. The normalized spacial score (nSPS) is 14.1. The van der Waals surface area contributed by atoms with E-state index in [1.807, 2.05) is 18.2 Å². The zero-order valence-electron chi connectivity index (χ0n) is 34.4. The number of phosphoric ester groups is 1. The number of nitrogens with two attached hydrogens (primary N) is 1. The van der Waals surface area contributed by atoms with Crippen molar-refractivity contribution in [2.45, 2.75) is 180 Å². The molecule has 2 unspecified atom stereocenters. The van der Waals surface area contributed by atoms with Gasteiger partial charge in [-0.15, -0.1) is 0 Å². The Kier molecular flexibility index (Phi) is 40.2. The molecule has 0 rings (SSSR count). The van der Waals surface area contributed by atoms with Crippen molar-refractivity contribution < 1.29 is 32.8 Å². The summed E-state index contributed by atoms with van der Waals surface area (Å²) in [6.45, 7) is 4.10. The Morgan fingerprint density at radius 2 is 1.00 bits per heavy atom. The minimum atomic E-state index is -4.32. The van der Waals surface area contributed by atoms with Gasteiger partial charge in [0.15, 0.2) is 6.10 Å². The molecule has 0 heterocycles. The number of esters is 1. The van der Waals surface area contributed by atoms with Crippen LogP contribution in [0.5, 0.6) is 0 Å². The number of rotatable bonds is 40. The molecule has 0 saturated carbocycles. The minimum Gasteiger partial charge on any atom is -0.498 e. The van der Waals surface area contributed by atoms with Gasteiger partial charge in [0.2, 0.25) is 0 Å². The van der Waals surface area contributed by atoms with Gasteiger partial charge in [0, 0.05) is 13.0 Å². The van der Waals surface area contributed by atoms with E-state index in [0.717, 1.165) is 32.1 Å². The highest BCUT2D eigenvalue weighted by atomic mass is 31.2. The van der Waals surface area contributed by atoms with Gasteiger partial charge >= 0.3 is 13.8 Å². The van der Waals surface area contributed by atoms with Crippen molar-refractivity contribution >= 4 is 13.8 Å². The van der Waals surface area contributed by atoms with Crippen LogP contribution in [0.3, 0.4) is 0 Å². The van der Waals surface area contributed by atoms with Crippen LogP contribution in [0.4, 0.5) is 0 Å². The van der Waals surface area contributed by atoms with Crippen LogP contribution >= 0.6 is 7.82 Å². The highest BCUT2D eigenvalue weighted by molar-refractivity contribution is 7.47. The molecule has 0 aliphatic heterocycles. The highest BCUT2D eigenvalue weighted by Crippen LogP contribution is 2.43. The first-order chi connectivity index (χ1) is 26.4. The number of phosphoric acid groups is 1. The molecule has 0 saturated heterocycles. The number of allylic oxidation sites excluding steroid dienone is 11. The Morgan fingerprint density at radius 3 is 1.48 bits per heavy atom. The van der Waals surface area contributed by atoms with E-state index in [0.29, 0.717) is 6.42 Å². The maximum atomic E-state index is 12.5. The Morgan fingerprint density at radius 1 is 0.574 bits per heavy atom. The van der Waals surface area contributed by atoms with Gasteiger partial charge in [0.1, 0.15) is 6.61 Å². The number of ether oxygens (including phenoxy) is 2. The lowest BCUT2D eigenvalue weighted by Crippen LogP contribution is -2.27. The summed E-state index contributed by atoms with van der Waals surface area (Å²) in [5, 5.41) is 0. The third-order valence-corrected chi connectivity index (χ3v) is 9.69. The van der Waals surface area contributed by atoms with Crippen LogP contribution in [0.15, 0.2) is 73.1 Å². The van der Waals surface area contributed by atoms with Crippen LogP contribution in [-0.2, 0) is 27.9 Å². The molecule has 0 aromatic rings. The second-order valence-corrected chi connectivity index (χ2v) is 15.4. The first-order valence-corrected chi connectivity index (χ1v) is 23.0. The number of hydrogen-bond acceptors (Lipinski definition) is 7. The van der Waals surface area contributed by atoms with Gasteiger partial charge in [-0.1, -0.05) is 171 Å². The van der Waals surface area contributed by atoms with Crippen LogP contribution in [0.1, 0.15) is 174 Å². The van der Waals surface area contributed by atoms with Crippen molar-refractivity contribution in [1.82, 2.24) is 0 Å². The zero-order chi connectivity index (χ0) is 39.5. The van der Waals surface area contributed by atoms with Crippen molar-refractivity contribution in [3.8, 4) is 0 Å². The minimum absolute atomic E-state index is 0.0217. The smallest absolute Gasteiger partial charge is 0.472 e. The Balaban J connectivity index is 4.27. The maximum Gasteiger partial charge on any atom is 0.472 e. The van der Waals surface area contributed by atoms with E-state index >= 15 is 0 Å². The number of carbonyl (C=O) groups excluding carboxylic acids is 1. The quantitative estimate of drug-likeness (QED) is 0.0208. The lowest BCUT2D eigenvalue weighted by atomic mass is 10.1. The summed E-state index contributed by atoms with van der Waals surface area (Å²) in [4.78, 5) is 22.4. The summed E-state index contributed by atoms with van der Waals surface area (Å²) >= 11 is 0. The van der Waals surface area contributed by atoms with Crippen molar-refractivity contribution in [2.24, 2.45) is 5.73 Å². The molecule has 0 amide bonds.